The summed E-state index contributed by atoms with van der Waals surface area (Å²) >= 11 is 5.21. The van der Waals surface area contributed by atoms with Crippen molar-refractivity contribution in [2.24, 2.45) is 0 Å². The zero-order valence-corrected chi connectivity index (χ0v) is 15.2. The predicted molar refractivity (Wildman–Crippen MR) is 98.4 cm³/mol. The molecule has 1 atom stereocenters. The molecule has 0 fully saturated rings. The summed E-state index contributed by atoms with van der Waals surface area (Å²) in [6.45, 7) is 2.03. The van der Waals surface area contributed by atoms with Crippen molar-refractivity contribution in [1.29, 1.82) is 0 Å². The zero-order chi connectivity index (χ0) is 15.9. The molecule has 1 amide bonds. The second kappa shape index (κ2) is 8.39. The summed E-state index contributed by atoms with van der Waals surface area (Å²) in [6, 6.07) is 16.1. The summed E-state index contributed by atoms with van der Waals surface area (Å²) in [5.41, 5.74) is 3.17. The molecule has 0 aliphatic heterocycles. The first-order valence-electron chi connectivity index (χ1n) is 7.21. The number of nitrogens with one attached hydrogen (secondary N) is 1. The smallest absolute Gasteiger partial charge is 0.251 e. The van der Waals surface area contributed by atoms with Crippen molar-refractivity contribution in [2.45, 2.75) is 25.1 Å². The first-order valence-corrected chi connectivity index (χ1v) is 9.40. The molecule has 1 unspecified atom stereocenters. The molecule has 2 aromatic carbocycles. The molecular weight excluding hydrogens is 358 g/mol. The van der Waals surface area contributed by atoms with E-state index in [1.54, 1.807) is 11.8 Å². The van der Waals surface area contributed by atoms with Crippen LogP contribution in [0.4, 0.5) is 0 Å². The monoisotopic (exact) mass is 377 g/mol. The fraction of sp³-hybridized carbons (Fsp3) is 0.278. The minimum atomic E-state index is -0.0136. The van der Waals surface area contributed by atoms with E-state index in [-0.39, 0.29) is 11.9 Å². The van der Waals surface area contributed by atoms with Crippen LogP contribution in [0.2, 0.25) is 0 Å². The van der Waals surface area contributed by atoms with Gasteiger partial charge >= 0.3 is 0 Å². The number of rotatable bonds is 6. The van der Waals surface area contributed by atoms with E-state index >= 15 is 0 Å². The fourth-order valence-electron chi connectivity index (χ4n) is 2.25. The third-order valence-electron chi connectivity index (χ3n) is 3.36. The van der Waals surface area contributed by atoms with Crippen LogP contribution in [0, 0.1) is 0 Å². The summed E-state index contributed by atoms with van der Waals surface area (Å²) in [5, 5.41) is 3.05. The van der Waals surface area contributed by atoms with E-state index in [4.69, 9.17) is 0 Å². The van der Waals surface area contributed by atoms with Gasteiger partial charge in [-0.05, 0) is 55.0 Å². The Kier molecular flexibility index (Phi) is 6.52. The lowest BCUT2D eigenvalue weighted by molar-refractivity contribution is 0.0940. The maximum atomic E-state index is 12.2. The Morgan fingerprint density at radius 2 is 1.68 bits per heavy atom. The van der Waals surface area contributed by atoms with Crippen LogP contribution in [0.25, 0.3) is 0 Å². The highest BCUT2D eigenvalue weighted by Gasteiger charge is 2.10. The van der Waals surface area contributed by atoms with E-state index in [2.05, 4.69) is 39.6 Å². The Hall–Kier alpha value is -1.26. The van der Waals surface area contributed by atoms with Gasteiger partial charge in [0.15, 0.2) is 0 Å². The quantitative estimate of drug-likeness (QED) is 0.791. The molecular formula is C18H20BrNOS. The number of halogens is 1. The molecule has 0 radical (unpaired) electrons. The molecule has 0 saturated carbocycles. The van der Waals surface area contributed by atoms with E-state index in [9.17, 15) is 4.79 Å². The van der Waals surface area contributed by atoms with E-state index in [0.29, 0.717) is 5.56 Å². The first-order chi connectivity index (χ1) is 10.6. The van der Waals surface area contributed by atoms with Crippen LogP contribution in [-0.2, 0) is 12.2 Å². The van der Waals surface area contributed by atoms with E-state index in [1.165, 1.54) is 11.1 Å². The Bertz CT molecular complexity index is 610. The molecule has 2 aromatic rings. The van der Waals surface area contributed by atoms with Gasteiger partial charge in [0, 0.05) is 21.8 Å². The highest BCUT2D eigenvalue weighted by Crippen LogP contribution is 2.13. The Morgan fingerprint density at radius 3 is 2.27 bits per heavy atom. The number of carbonyl (C=O) groups is 1. The molecule has 2 nitrogen and oxygen atoms in total. The average Bonchev–Trinajstić information content (AvgIpc) is 2.50. The van der Waals surface area contributed by atoms with Crippen molar-refractivity contribution in [3.8, 4) is 0 Å². The Morgan fingerprint density at radius 1 is 1.09 bits per heavy atom. The molecule has 4 heteroatoms. The summed E-state index contributed by atoms with van der Waals surface area (Å²) in [6.07, 6.45) is 2.90. The summed E-state index contributed by atoms with van der Waals surface area (Å²) in [5.74, 6) is 0.960. The molecule has 0 heterocycles. The third-order valence-corrected chi connectivity index (χ3v) is 4.51. The van der Waals surface area contributed by atoms with Crippen molar-refractivity contribution in [3.63, 3.8) is 0 Å². The second-order valence-corrected chi connectivity index (χ2v) is 7.12. The van der Waals surface area contributed by atoms with Gasteiger partial charge in [-0.2, -0.15) is 11.8 Å². The highest BCUT2D eigenvalue weighted by atomic mass is 79.9. The van der Waals surface area contributed by atoms with Gasteiger partial charge in [0.1, 0.15) is 0 Å². The Labute approximate surface area is 144 Å². The predicted octanol–water partition coefficient (Wildman–Crippen LogP) is 4.67. The lowest BCUT2D eigenvalue weighted by Crippen LogP contribution is -2.34. The van der Waals surface area contributed by atoms with Gasteiger partial charge in [-0.3, -0.25) is 4.79 Å². The van der Waals surface area contributed by atoms with Crippen LogP contribution in [0.15, 0.2) is 53.0 Å². The maximum Gasteiger partial charge on any atom is 0.251 e. The standard InChI is InChI=1S/C18H20BrNOS/c1-13(11-14-5-9-17(19)10-6-14)20-18(21)16-7-3-15(4-8-16)12-22-2/h3-10,13H,11-12H2,1-2H3,(H,20,21). The average molecular weight is 378 g/mol. The van der Waals surface area contributed by atoms with Crippen molar-refractivity contribution in [3.05, 3.63) is 69.7 Å². The van der Waals surface area contributed by atoms with Gasteiger partial charge in [-0.25, -0.2) is 0 Å². The molecule has 22 heavy (non-hydrogen) atoms. The van der Waals surface area contributed by atoms with Crippen molar-refractivity contribution < 1.29 is 4.79 Å². The number of amides is 1. The number of benzene rings is 2. The van der Waals surface area contributed by atoms with Gasteiger partial charge in [0.05, 0.1) is 0 Å². The second-order valence-electron chi connectivity index (χ2n) is 5.34. The van der Waals surface area contributed by atoms with Crippen molar-refractivity contribution in [1.82, 2.24) is 5.32 Å². The summed E-state index contributed by atoms with van der Waals surface area (Å²) < 4.78 is 1.07. The van der Waals surface area contributed by atoms with Crippen molar-refractivity contribution >= 4 is 33.6 Å². The molecule has 0 saturated heterocycles. The molecule has 2 rings (SSSR count). The number of hydrogen-bond donors (Lipinski definition) is 1. The number of hydrogen-bond acceptors (Lipinski definition) is 2. The Balaban J connectivity index is 1.91. The first kappa shape index (κ1) is 17.1. The molecule has 0 aromatic heterocycles. The lowest BCUT2D eigenvalue weighted by atomic mass is 10.1. The minimum Gasteiger partial charge on any atom is -0.349 e. The number of carbonyl (C=O) groups excluding carboxylic acids is 1. The van der Waals surface area contributed by atoms with E-state index in [0.717, 1.165) is 16.6 Å². The van der Waals surface area contributed by atoms with Crippen LogP contribution < -0.4 is 5.32 Å². The van der Waals surface area contributed by atoms with Gasteiger partial charge in [0.2, 0.25) is 0 Å². The maximum absolute atomic E-state index is 12.2. The van der Waals surface area contributed by atoms with Gasteiger partial charge in [0.25, 0.3) is 5.91 Å². The zero-order valence-electron chi connectivity index (χ0n) is 12.8. The summed E-state index contributed by atoms with van der Waals surface area (Å²) in [7, 11) is 0. The molecule has 0 aliphatic carbocycles. The molecule has 0 aliphatic rings. The largest absolute Gasteiger partial charge is 0.349 e. The van der Waals surface area contributed by atoms with E-state index < -0.39 is 0 Å². The van der Waals surface area contributed by atoms with Crippen LogP contribution in [-0.4, -0.2) is 18.2 Å². The molecule has 0 bridgehead atoms. The van der Waals surface area contributed by atoms with Crippen LogP contribution in [0.3, 0.4) is 0 Å². The fourth-order valence-corrected chi connectivity index (χ4v) is 3.04. The normalized spacial score (nSPS) is 12.0. The van der Waals surface area contributed by atoms with Crippen LogP contribution in [0.5, 0.6) is 0 Å². The van der Waals surface area contributed by atoms with Crippen LogP contribution in [0.1, 0.15) is 28.4 Å². The van der Waals surface area contributed by atoms with Crippen LogP contribution >= 0.6 is 27.7 Å². The molecule has 116 valence electrons. The number of thioether (sulfide) groups is 1. The molecule has 0 spiro atoms. The topological polar surface area (TPSA) is 29.1 Å². The SMILES string of the molecule is CSCc1ccc(C(=O)NC(C)Cc2ccc(Br)cc2)cc1. The highest BCUT2D eigenvalue weighted by molar-refractivity contribution is 9.10. The molecule has 1 N–H and O–H groups in total. The summed E-state index contributed by atoms with van der Waals surface area (Å²) in [4.78, 5) is 12.2. The van der Waals surface area contributed by atoms with Crippen molar-refractivity contribution in [2.75, 3.05) is 6.26 Å². The minimum absolute atomic E-state index is 0.0136. The van der Waals surface area contributed by atoms with Gasteiger partial charge < -0.3 is 5.32 Å². The van der Waals surface area contributed by atoms with Gasteiger partial charge in [-0.1, -0.05) is 40.2 Å². The third kappa shape index (κ3) is 5.18. The lowest BCUT2D eigenvalue weighted by Gasteiger charge is -2.14. The van der Waals surface area contributed by atoms with E-state index in [1.807, 2.05) is 43.3 Å². The van der Waals surface area contributed by atoms with Gasteiger partial charge in [-0.15, -0.1) is 0 Å².